The van der Waals surface area contributed by atoms with E-state index in [1.165, 1.54) is 6.20 Å². The summed E-state index contributed by atoms with van der Waals surface area (Å²) in [6.45, 7) is 6.42. The quantitative estimate of drug-likeness (QED) is 0.874. The average molecular weight is 328 g/mol. The lowest BCUT2D eigenvalue weighted by Gasteiger charge is -2.18. The van der Waals surface area contributed by atoms with Crippen LogP contribution >= 0.6 is 0 Å². The number of benzene rings is 1. The molecule has 7 nitrogen and oxygen atoms in total. The van der Waals surface area contributed by atoms with Gasteiger partial charge in [-0.25, -0.2) is 9.97 Å². The van der Waals surface area contributed by atoms with E-state index in [2.05, 4.69) is 34.0 Å². The van der Waals surface area contributed by atoms with Gasteiger partial charge < -0.3 is 19.7 Å². The van der Waals surface area contributed by atoms with Crippen molar-refractivity contribution in [3.05, 3.63) is 41.9 Å². The number of aromatic nitrogens is 2. The first-order valence-corrected chi connectivity index (χ1v) is 7.95. The third-order valence-electron chi connectivity index (χ3n) is 3.85. The Balaban J connectivity index is 1.60. The van der Waals surface area contributed by atoms with Crippen LogP contribution in [-0.4, -0.2) is 35.8 Å². The number of ether oxygens (including phenoxy) is 2. The number of anilines is 1. The highest BCUT2D eigenvalue weighted by Crippen LogP contribution is 2.32. The molecular formula is C17H20N4O3. The van der Waals surface area contributed by atoms with Gasteiger partial charge in [0.25, 0.3) is 5.91 Å². The van der Waals surface area contributed by atoms with Crippen LogP contribution in [0, 0.1) is 0 Å². The second-order valence-corrected chi connectivity index (χ2v) is 5.30. The van der Waals surface area contributed by atoms with Crippen LogP contribution in [0.5, 0.6) is 11.5 Å². The third kappa shape index (κ3) is 3.40. The third-order valence-corrected chi connectivity index (χ3v) is 3.85. The van der Waals surface area contributed by atoms with Gasteiger partial charge in [-0.3, -0.25) is 4.79 Å². The monoisotopic (exact) mass is 328 g/mol. The number of nitrogens with zero attached hydrogens (tertiary/aromatic N) is 3. The van der Waals surface area contributed by atoms with Gasteiger partial charge in [0.2, 0.25) is 6.79 Å². The number of nitrogens with one attached hydrogen (secondary N) is 1. The van der Waals surface area contributed by atoms with Crippen LogP contribution in [0.3, 0.4) is 0 Å². The molecule has 24 heavy (non-hydrogen) atoms. The highest BCUT2D eigenvalue weighted by Gasteiger charge is 2.14. The van der Waals surface area contributed by atoms with E-state index in [0.717, 1.165) is 30.2 Å². The molecule has 1 amide bonds. The molecule has 126 valence electrons. The van der Waals surface area contributed by atoms with E-state index < -0.39 is 0 Å². The molecule has 0 spiro atoms. The number of rotatable bonds is 6. The summed E-state index contributed by atoms with van der Waals surface area (Å²) in [5.74, 6) is 1.94. The minimum Gasteiger partial charge on any atom is -0.454 e. The molecule has 0 saturated carbocycles. The largest absolute Gasteiger partial charge is 0.454 e. The molecule has 1 aromatic heterocycles. The van der Waals surface area contributed by atoms with E-state index >= 15 is 0 Å². The van der Waals surface area contributed by atoms with Crippen molar-refractivity contribution in [3.63, 3.8) is 0 Å². The van der Waals surface area contributed by atoms with Crippen LogP contribution in [0.4, 0.5) is 5.82 Å². The van der Waals surface area contributed by atoms with Gasteiger partial charge in [0.05, 0.1) is 12.4 Å². The molecule has 0 unspecified atom stereocenters. The van der Waals surface area contributed by atoms with Crippen molar-refractivity contribution in [1.29, 1.82) is 0 Å². The zero-order valence-corrected chi connectivity index (χ0v) is 13.8. The molecule has 7 heteroatoms. The SMILES string of the molecule is CCN(CC)c1cnc(C(=O)NCc2ccc3c(c2)OCO3)cn1. The maximum absolute atomic E-state index is 12.2. The fourth-order valence-electron chi connectivity index (χ4n) is 2.47. The van der Waals surface area contributed by atoms with Gasteiger partial charge in [0, 0.05) is 19.6 Å². The summed E-state index contributed by atoms with van der Waals surface area (Å²) >= 11 is 0. The highest BCUT2D eigenvalue weighted by molar-refractivity contribution is 5.91. The normalized spacial score (nSPS) is 12.1. The molecule has 2 aromatic rings. The molecule has 0 atom stereocenters. The van der Waals surface area contributed by atoms with Crippen LogP contribution in [-0.2, 0) is 6.54 Å². The van der Waals surface area contributed by atoms with Gasteiger partial charge in [0.1, 0.15) is 11.5 Å². The fraction of sp³-hybridized carbons (Fsp3) is 0.353. The smallest absolute Gasteiger partial charge is 0.271 e. The summed E-state index contributed by atoms with van der Waals surface area (Å²) in [5, 5.41) is 2.83. The maximum Gasteiger partial charge on any atom is 0.271 e. The van der Waals surface area contributed by atoms with Crippen LogP contribution in [0.25, 0.3) is 0 Å². The van der Waals surface area contributed by atoms with E-state index in [-0.39, 0.29) is 12.7 Å². The van der Waals surface area contributed by atoms with E-state index in [0.29, 0.717) is 18.0 Å². The molecule has 3 rings (SSSR count). The summed E-state index contributed by atoms with van der Waals surface area (Å²) < 4.78 is 10.6. The Morgan fingerprint density at radius 3 is 2.67 bits per heavy atom. The van der Waals surface area contributed by atoms with Crippen molar-refractivity contribution in [2.75, 3.05) is 24.8 Å². The summed E-state index contributed by atoms with van der Waals surface area (Å²) in [7, 11) is 0. The lowest BCUT2D eigenvalue weighted by molar-refractivity contribution is 0.0945. The highest BCUT2D eigenvalue weighted by atomic mass is 16.7. The Morgan fingerprint density at radius 1 is 1.17 bits per heavy atom. The Kier molecular flexibility index (Phi) is 4.79. The first-order chi connectivity index (χ1) is 11.7. The predicted molar refractivity (Wildman–Crippen MR) is 89.3 cm³/mol. The topological polar surface area (TPSA) is 76.6 Å². The average Bonchev–Trinajstić information content (AvgIpc) is 3.09. The second-order valence-electron chi connectivity index (χ2n) is 5.30. The van der Waals surface area contributed by atoms with E-state index in [1.807, 2.05) is 18.2 Å². The zero-order chi connectivity index (χ0) is 16.9. The second kappa shape index (κ2) is 7.16. The molecule has 0 saturated heterocycles. The standard InChI is InChI=1S/C17H20N4O3/c1-3-21(4-2)16-10-18-13(9-19-16)17(22)20-8-12-5-6-14-15(7-12)24-11-23-14/h5-7,9-10H,3-4,8,11H2,1-2H3,(H,20,22). The molecule has 0 aliphatic carbocycles. The molecule has 0 fully saturated rings. The van der Waals surface area contributed by atoms with Gasteiger partial charge in [-0.05, 0) is 31.5 Å². The van der Waals surface area contributed by atoms with Crippen molar-refractivity contribution < 1.29 is 14.3 Å². The summed E-state index contributed by atoms with van der Waals surface area (Å²) in [6.07, 6.45) is 3.13. The van der Waals surface area contributed by atoms with Gasteiger partial charge >= 0.3 is 0 Å². The van der Waals surface area contributed by atoms with Crippen molar-refractivity contribution >= 4 is 11.7 Å². The minimum absolute atomic E-state index is 0.236. The number of hydrogen-bond acceptors (Lipinski definition) is 6. The molecule has 0 bridgehead atoms. The van der Waals surface area contributed by atoms with Crippen molar-refractivity contribution in [1.82, 2.24) is 15.3 Å². The molecule has 2 heterocycles. The van der Waals surface area contributed by atoms with Crippen molar-refractivity contribution in [2.24, 2.45) is 0 Å². The number of fused-ring (bicyclic) bond motifs is 1. The van der Waals surface area contributed by atoms with Crippen LogP contribution < -0.4 is 19.7 Å². The van der Waals surface area contributed by atoms with Crippen molar-refractivity contribution in [3.8, 4) is 11.5 Å². The van der Waals surface area contributed by atoms with Crippen LogP contribution in [0.15, 0.2) is 30.6 Å². The van der Waals surface area contributed by atoms with E-state index in [9.17, 15) is 4.79 Å². The van der Waals surface area contributed by atoms with Gasteiger partial charge in [0.15, 0.2) is 11.5 Å². The first-order valence-electron chi connectivity index (χ1n) is 7.95. The van der Waals surface area contributed by atoms with Gasteiger partial charge in [-0.15, -0.1) is 0 Å². The number of carbonyl (C=O) groups excluding carboxylic acids is 1. The molecular weight excluding hydrogens is 308 g/mol. The molecule has 1 aliphatic heterocycles. The fourth-order valence-corrected chi connectivity index (χ4v) is 2.47. The summed E-state index contributed by atoms with van der Waals surface area (Å²) in [4.78, 5) is 22.8. The maximum atomic E-state index is 12.2. The molecule has 1 aromatic carbocycles. The molecule has 1 aliphatic rings. The lowest BCUT2D eigenvalue weighted by Crippen LogP contribution is -2.26. The Hall–Kier alpha value is -2.83. The van der Waals surface area contributed by atoms with Crippen LogP contribution in [0.2, 0.25) is 0 Å². The molecule has 0 radical (unpaired) electrons. The first kappa shape index (κ1) is 16.0. The Bertz CT molecular complexity index is 714. The number of amides is 1. The predicted octanol–water partition coefficient (Wildman–Crippen LogP) is 1.98. The lowest BCUT2D eigenvalue weighted by atomic mass is 10.2. The summed E-state index contributed by atoms with van der Waals surface area (Å²) in [6, 6.07) is 5.59. The number of carbonyl (C=O) groups is 1. The summed E-state index contributed by atoms with van der Waals surface area (Å²) in [5.41, 5.74) is 1.23. The minimum atomic E-state index is -0.258. The van der Waals surface area contributed by atoms with Gasteiger partial charge in [-0.1, -0.05) is 6.07 Å². The Labute approximate surface area is 140 Å². The van der Waals surface area contributed by atoms with Gasteiger partial charge in [-0.2, -0.15) is 0 Å². The Morgan fingerprint density at radius 2 is 1.96 bits per heavy atom. The van der Waals surface area contributed by atoms with E-state index in [4.69, 9.17) is 9.47 Å². The van der Waals surface area contributed by atoms with Crippen LogP contribution in [0.1, 0.15) is 29.9 Å². The van der Waals surface area contributed by atoms with Crippen molar-refractivity contribution in [2.45, 2.75) is 20.4 Å². The molecule has 1 N–H and O–H groups in total. The number of hydrogen-bond donors (Lipinski definition) is 1. The zero-order valence-electron chi connectivity index (χ0n) is 13.8. The van der Waals surface area contributed by atoms with E-state index in [1.54, 1.807) is 6.20 Å².